The van der Waals surface area contributed by atoms with Gasteiger partial charge in [0.15, 0.2) is 5.78 Å². The normalized spacial score (nSPS) is 42.7. The molecule has 8 nitrogen and oxygen atoms in total. The number of carbonyl (C=O) groups excluding carboxylic acids is 6. The Morgan fingerprint density at radius 1 is 0.633 bits per heavy atom. The molecule has 8 heteroatoms. The van der Waals surface area contributed by atoms with Crippen LogP contribution in [0.15, 0.2) is 11.6 Å². The van der Waals surface area contributed by atoms with Crippen molar-refractivity contribution >= 4 is 35.1 Å². The summed E-state index contributed by atoms with van der Waals surface area (Å²) in [6.07, 6.45) is 18.8. The first-order valence-electron chi connectivity index (χ1n) is 24.6. The van der Waals surface area contributed by atoms with Crippen molar-refractivity contribution in [1.29, 1.82) is 0 Å². The van der Waals surface area contributed by atoms with E-state index in [-0.39, 0.29) is 39.4 Å². The topological polar surface area (TPSA) is 121 Å². The lowest BCUT2D eigenvalue weighted by Crippen LogP contribution is -2.57. The van der Waals surface area contributed by atoms with E-state index in [1.807, 2.05) is 19.9 Å². The maximum atomic E-state index is 13.7. The van der Waals surface area contributed by atoms with Crippen molar-refractivity contribution in [2.24, 2.45) is 86.8 Å². The molecule has 0 radical (unpaired) electrons. The number of esters is 2. The van der Waals surface area contributed by atoms with Gasteiger partial charge in [-0.1, -0.05) is 47.1 Å². The molecule has 0 N–H and O–H groups in total. The number of ketones is 4. The summed E-state index contributed by atoms with van der Waals surface area (Å²) >= 11 is 0. The van der Waals surface area contributed by atoms with Gasteiger partial charge in [-0.3, -0.25) is 28.8 Å². The van der Waals surface area contributed by atoms with Gasteiger partial charge in [-0.05, 0) is 173 Å². The standard InChI is InChI=1S/C26H40O4.C26H38O4/c2*1-5-30-24(29)11-6-16(2)20-9-10-21-19-8-7-17-14-18(27)12-13-25(17,3)22(19)15-23(28)26(20,21)4/h16-17,19-22H,5-15H2,1-4H3;14,16,19-22H,5-13,15H2,1-4H3/t16-,17?,19+,20-,21+,22+,25+,26-;16-,19+,20-,21+,22+,25+,26-/m11/s1. The Labute approximate surface area is 361 Å². The summed E-state index contributed by atoms with van der Waals surface area (Å²) in [5.41, 5.74) is 1.03. The number of allylic oxidation sites excluding steroid dienone is 1. The molecule has 8 aliphatic rings. The number of hydrogen-bond acceptors (Lipinski definition) is 8. The second-order valence-electron chi connectivity index (χ2n) is 22.2. The van der Waals surface area contributed by atoms with E-state index in [2.05, 4.69) is 41.5 Å². The fourth-order valence-electron chi connectivity index (χ4n) is 16.5. The van der Waals surface area contributed by atoms with Gasteiger partial charge in [-0.25, -0.2) is 0 Å². The molecule has 1 unspecified atom stereocenters. The van der Waals surface area contributed by atoms with Gasteiger partial charge < -0.3 is 9.47 Å². The van der Waals surface area contributed by atoms with Crippen molar-refractivity contribution < 1.29 is 38.2 Å². The van der Waals surface area contributed by atoms with Gasteiger partial charge in [0.2, 0.25) is 0 Å². The first-order valence-corrected chi connectivity index (χ1v) is 24.6. The van der Waals surface area contributed by atoms with E-state index >= 15 is 0 Å². The van der Waals surface area contributed by atoms with Crippen molar-refractivity contribution in [3.63, 3.8) is 0 Å². The van der Waals surface area contributed by atoms with Crippen molar-refractivity contribution in [3.05, 3.63) is 11.6 Å². The molecule has 334 valence electrons. The minimum atomic E-state index is -0.253. The van der Waals surface area contributed by atoms with E-state index in [4.69, 9.17) is 9.47 Å². The van der Waals surface area contributed by atoms with Crippen LogP contribution in [-0.4, -0.2) is 48.3 Å². The quantitative estimate of drug-likeness (QED) is 0.200. The third-order valence-corrected chi connectivity index (χ3v) is 19.9. The maximum Gasteiger partial charge on any atom is 0.305 e. The Morgan fingerprint density at radius 3 is 1.72 bits per heavy atom. The SMILES string of the molecule is CCOC(=O)CC[C@@H](C)[C@H]1CC[C@H]2[C@@H]3CCC4=CC(=O)CC[C@]4(C)[C@H]3CC(=O)[C@]12C.CCOC(=O)CC[C@@H](C)[C@H]1CC[C@H]2[C@@H]3CCC4CC(=O)CC[C@]4(C)[C@H]3CC(=O)[C@]12C. The van der Waals surface area contributed by atoms with E-state index in [0.29, 0.717) is 134 Å². The van der Waals surface area contributed by atoms with Crippen LogP contribution < -0.4 is 0 Å². The van der Waals surface area contributed by atoms with E-state index in [1.54, 1.807) is 0 Å². The summed E-state index contributed by atoms with van der Waals surface area (Å²) in [6.45, 7) is 18.2. The van der Waals surface area contributed by atoms with Gasteiger partial charge in [0.05, 0.1) is 13.2 Å². The highest BCUT2D eigenvalue weighted by atomic mass is 16.5. The van der Waals surface area contributed by atoms with Crippen LogP contribution in [0, 0.1) is 86.8 Å². The van der Waals surface area contributed by atoms with Gasteiger partial charge >= 0.3 is 11.9 Å². The number of Topliss-reactive ketones (excluding diaryl/α,β-unsaturated/α-hetero) is 3. The molecule has 15 atom stereocenters. The minimum Gasteiger partial charge on any atom is -0.466 e. The average Bonchev–Trinajstić information content (AvgIpc) is 3.77. The van der Waals surface area contributed by atoms with E-state index in [0.717, 1.165) is 77.0 Å². The van der Waals surface area contributed by atoms with E-state index < -0.39 is 0 Å². The first-order chi connectivity index (χ1) is 28.4. The molecule has 8 rings (SSSR count). The Bertz CT molecular complexity index is 1730. The fraction of sp³-hybridized carbons (Fsp3) is 0.846. The highest BCUT2D eigenvalue weighted by Gasteiger charge is 2.65. The second-order valence-corrected chi connectivity index (χ2v) is 22.2. The molecule has 8 aliphatic carbocycles. The number of fused-ring (bicyclic) bond motifs is 10. The molecular formula is C52H78O8. The van der Waals surface area contributed by atoms with Gasteiger partial charge in [0.1, 0.15) is 17.3 Å². The monoisotopic (exact) mass is 831 g/mol. The Morgan fingerprint density at radius 2 is 1.17 bits per heavy atom. The number of hydrogen-bond donors (Lipinski definition) is 0. The molecular weight excluding hydrogens is 753 g/mol. The van der Waals surface area contributed by atoms with Crippen molar-refractivity contribution in [2.75, 3.05) is 13.2 Å². The van der Waals surface area contributed by atoms with Crippen molar-refractivity contribution in [3.8, 4) is 0 Å². The molecule has 0 bridgehead atoms. The fourth-order valence-corrected chi connectivity index (χ4v) is 16.5. The van der Waals surface area contributed by atoms with Crippen LogP contribution in [0.25, 0.3) is 0 Å². The Hall–Kier alpha value is -2.64. The summed E-state index contributed by atoms with van der Waals surface area (Å²) in [5.74, 6) is 6.33. The average molecular weight is 831 g/mol. The van der Waals surface area contributed by atoms with Gasteiger partial charge in [0.25, 0.3) is 0 Å². The van der Waals surface area contributed by atoms with E-state index in [9.17, 15) is 28.8 Å². The lowest BCUT2D eigenvalue weighted by molar-refractivity contribution is -0.159. The van der Waals surface area contributed by atoms with Crippen LogP contribution in [0.3, 0.4) is 0 Å². The van der Waals surface area contributed by atoms with Crippen molar-refractivity contribution in [1.82, 2.24) is 0 Å². The number of ether oxygens (including phenoxy) is 2. The largest absolute Gasteiger partial charge is 0.466 e. The summed E-state index contributed by atoms with van der Waals surface area (Å²) < 4.78 is 10.2. The molecule has 60 heavy (non-hydrogen) atoms. The second kappa shape index (κ2) is 17.5. The van der Waals surface area contributed by atoms with Crippen LogP contribution in [0.1, 0.15) is 177 Å². The molecule has 0 aromatic rings. The minimum absolute atomic E-state index is 0.0292. The number of rotatable bonds is 10. The van der Waals surface area contributed by atoms with Gasteiger partial charge in [-0.15, -0.1) is 0 Å². The predicted octanol–water partition coefficient (Wildman–Crippen LogP) is 10.7. The summed E-state index contributed by atoms with van der Waals surface area (Å²) in [7, 11) is 0. The molecule has 7 fully saturated rings. The van der Waals surface area contributed by atoms with Crippen LogP contribution >= 0.6 is 0 Å². The van der Waals surface area contributed by atoms with Crippen LogP contribution in [0.2, 0.25) is 0 Å². The third kappa shape index (κ3) is 7.74. The first kappa shape index (κ1) is 45.4. The predicted molar refractivity (Wildman–Crippen MR) is 231 cm³/mol. The molecule has 0 aromatic carbocycles. The van der Waals surface area contributed by atoms with Crippen molar-refractivity contribution in [2.45, 2.75) is 177 Å². The number of carbonyl (C=O) groups is 6. The Kier molecular flexibility index (Phi) is 13.2. The highest BCUT2D eigenvalue weighted by Crippen LogP contribution is 2.68. The molecule has 0 spiro atoms. The lowest BCUT2D eigenvalue weighted by Gasteiger charge is -2.59. The zero-order chi connectivity index (χ0) is 43.4. The van der Waals surface area contributed by atoms with Gasteiger partial charge in [-0.2, -0.15) is 0 Å². The smallest absolute Gasteiger partial charge is 0.305 e. The van der Waals surface area contributed by atoms with E-state index in [1.165, 1.54) is 12.0 Å². The molecule has 0 aliphatic heterocycles. The molecule has 0 aromatic heterocycles. The highest BCUT2D eigenvalue weighted by molar-refractivity contribution is 5.92. The van der Waals surface area contributed by atoms with Gasteiger partial charge in [0, 0.05) is 55.8 Å². The Balaban J connectivity index is 0.000000181. The molecule has 7 saturated carbocycles. The summed E-state index contributed by atoms with van der Waals surface area (Å²) in [4.78, 5) is 75.2. The maximum absolute atomic E-state index is 13.7. The summed E-state index contributed by atoms with van der Waals surface area (Å²) in [5, 5.41) is 0. The molecule has 0 heterocycles. The lowest BCUT2D eigenvalue weighted by atomic mass is 9.44. The third-order valence-electron chi connectivity index (χ3n) is 19.9. The van der Waals surface area contributed by atoms with Crippen LogP contribution in [0.5, 0.6) is 0 Å². The zero-order valence-corrected chi connectivity index (χ0v) is 38.5. The molecule has 0 amide bonds. The van der Waals surface area contributed by atoms with Crippen LogP contribution in [0.4, 0.5) is 0 Å². The molecule has 0 saturated heterocycles. The van der Waals surface area contributed by atoms with Crippen LogP contribution in [-0.2, 0) is 38.2 Å². The zero-order valence-electron chi connectivity index (χ0n) is 38.5. The summed E-state index contributed by atoms with van der Waals surface area (Å²) in [6, 6.07) is 0.